The number of likely N-dealkylation sites (tertiary alicyclic amines) is 1. The summed E-state index contributed by atoms with van der Waals surface area (Å²) >= 11 is 1.45. The van der Waals surface area contributed by atoms with E-state index in [0.29, 0.717) is 6.42 Å². The van der Waals surface area contributed by atoms with Crippen molar-refractivity contribution >= 4 is 28.1 Å². The maximum absolute atomic E-state index is 12.2. The van der Waals surface area contributed by atoms with Crippen molar-refractivity contribution < 1.29 is 4.79 Å². The number of benzene rings is 1. The summed E-state index contributed by atoms with van der Waals surface area (Å²) in [5.74, 6) is 0.165. The van der Waals surface area contributed by atoms with Gasteiger partial charge in [-0.05, 0) is 43.9 Å². The third-order valence-electron chi connectivity index (χ3n) is 3.75. The molecule has 116 valence electrons. The van der Waals surface area contributed by atoms with Crippen LogP contribution in [0.2, 0.25) is 0 Å². The highest BCUT2D eigenvalue weighted by Crippen LogP contribution is 2.22. The zero-order valence-electron chi connectivity index (χ0n) is 12.7. The number of anilines is 2. The van der Waals surface area contributed by atoms with Crippen molar-refractivity contribution in [3.05, 3.63) is 34.8 Å². The van der Waals surface area contributed by atoms with E-state index in [1.54, 1.807) is 0 Å². The van der Waals surface area contributed by atoms with Gasteiger partial charge in [-0.2, -0.15) is 0 Å². The number of rotatable bonds is 4. The lowest BCUT2D eigenvalue weighted by Gasteiger charge is -2.26. The minimum atomic E-state index is 0.165. The van der Waals surface area contributed by atoms with Crippen molar-refractivity contribution in [2.24, 2.45) is 0 Å². The van der Waals surface area contributed by atoms with Crippen LogP contribution in [0.25, 0.3) is 0 Å². The van der Waals surface area contributed by atoms with E-state index in [1.807, 2.05) is 30.0 Å². The highest BCUT2D eigenvalue weighted by molar-refractivity contribution is 7.15. The summed E-state index contributed by atoms with van der Waals surface area (Å²) in [6, 6.07) is 8.10. The van der Waals surface area contributed by atoms with Crippen molar-refractivity contribution in [3.8, 4) is 0 Å². The van der Waals surface area contributed by atoms with Crippen molar-refractivity contribution in [2.45, 2.75) is 32.6 Å². The molecule has 0 spiro atoms. The number of nitrogens with zero attached hydrogens (tertiary/aromatic N) is 3. The third kappa shape index (κ3) is 3.82. The number of carbonyl (C=O) groups excluding carboxylic acids is 1. The Balaban J connectivity index is 1.60. The van der Waals surface area contributed by atoms with Crippen LogP contribution in [0, 0.1) is 6.92 Å². The Morgan fingerprint density at radius 1 is 1.27 bits per heavy atom. The molecule has 6 heteroatoms. The second-order valence-corrected chi connectivity index (χ2v) is 6.68. The first-order valence-corrected chi connectivity index (χ1v) is 8.46. The summed E-state index contributed by atoms with van der Waals surface area (Å²) in [6.07, 6.45) is 3.81. The molecule has 1 saturated heterocycles. The second-order valence-electron chi connectivity index (χ2n) is 5.61. The van der Waals surface area contributed by atoms with Crippen LogP contribution in [-0.2, 0) is 11.2 Å². The summed E-state index contributed by atoms with van der Waals surface area (Å²) in [6.45, 7) is 3.81. The minimum absolute atomic E-state index is 0.165. The van der Waals surface area contributed by atoms with Crippen LogP contribution < -0.4 is 5.32 Å². The van der Waals surface area contributed by atoms with Crippen molar-refractivity contribution in [2.75, 3.05) is 18.4 Å². The maximum Gasteiger partial charge on any atom is 0.229 e. The van der Waals surface area contributed by atoms with Gasteiger partial charge < -0.3 is 10.2 Å². The SMILES string of the molecule is Cc1cccc(Nc2nnc(CC(=O)N3CCCCC3)s2)c1. The molecule has 0 atom stereocenters. The number of hydrogen-bond donors (Lipinski definition) is 1. The first-order chi connectivity index (χ1) is 10.7. The Labute approximate surface area is 134 Å². The van der Waals surface area contributed by atoms with Crippen molar-refractivity contribution in [1.82, 2.24) is 15.1 Å². The number of amides is 1. The van der Waals surface area contributed by atoms with Gasteiger partial charge in [0.2, 0.25) is 11.0 Å². The van der Waals surface area contributed by atoms with Gasteiger partial charge in [0.05, 0.1) is 6.42 Å². The van der Waals surface area contributed by atoms with Crippen LogP contribution in [-0.4, -0.2) is 34.1 Å². The molecule has 2 aromatic rings. The molecule has 1 aromatic heterocycles. The van der Waals surface area contributed by atoms with Crippen molar-refractivity contribution in [1.29, 1.82) is 0 Å². The third-order valence-corrected chi connectivity index (χ3v) is 4.59. The molecule has 0 unspecified atom stereocenters. The van der Waals surface area contributed by atoms with E-state index in [4.69, 9.17) is 0 Å². The summed E-state index contributed by atoms with van der Waals surface area (Å²) < 4.78 is 0. The quantitative estimate of drug-likeness (QED) is 0.941. The van der Waals surface area contributed by atoms with E-state index in [0.717, 1.165) is 41.8 Å². The smallest absolute Gasteiger partial charge is 0.229 e. The molecule has 0 aliphatic carbocycles. The first-order valence-electron chi connectivity index (χ1n) is 7.64. The van der Waals surface area contributed by atoms with Crippen LogP contribution in [0.5, 0.6) is 0 Å². The Kier molecular flexibility index (Phi) is 4.68. The number of aromatic nitrogens is 2. The largest absolute Gasteiger partial charge is 0.342 e. The molecule has 1 N–H and O–H groups in total. The summed E-state index contributed by atoms with van der Waals surface area (Å²) in [5, 5.41) is 13.0. The fourth-order valence-corrected chi connectivity index (χ4v) is 3.36. The molecule has 1 aliphatic heterocycles. The summed E-state index contributed by atoms with van der Waals surface area (Å²) in [5.41, 5.74) is 2.18. The molecule has 3 rings (SSSR count). The predicted molar refractivity (Wildman–Crippen MR) is 88.5 cm³/mol. The molecule has 1 aromatic carbocycles. The lowest BCUT2D eigenvalue weighted by molar-refractivity contribution is -0.131. The molecule has 0 saturated carbocycles. The standard InChI is InChI=1S/C16H20N4OS/c1-12-6-5-7-13(10-12)17-16-19-18-14(22-16)11-15(21)20-8-3-2-4-9-20/h5-7,10H,2-4,8-9,11H2,1H3,(H,17,19). The van der Waals surface area contributed by atoms with E-state index < -0.39 is 0 Å². The van der Waals surface area contributed by atoms with Gasteiger partial charge in [0, 0.05) is 18.8 Å². The van der Waals surface area contributed by atoms with Gasteiger partial charge in [-0.1, -0.05) is 23.5 Å². The van der Waals surface area contributed by atoms with Gasteiger partial charge >= 0.3 is 0 Å². The van der Waals surface area contributed by atoms with E-state index in [1.165, 1.54) is 23.3 Å². The lowest BCUT2D eigenvalue weighted by atomic mass is 10.1. The fraction of sp³-hybridized carbons (Fsp3) is 0.438. The zero-order valence-corrected chi connectivity index (χ0v) is 13.5. The average Bonchev–Trinajstić information content (AvgIpc) is 2.95. The molecule has 0 bridgehead atoms. The zero-order chi connectivity index (χ0) is 15.4. The predicted octanol–water partition coefficient (Wildman–Crippen LogP) is 3.15. The van der Waals surface area contributed by atoms with Crippen LogP contribution >= 0.6 is 11.3 Å². The van der Waals surface area contributed by atoms with Gasteiger partial charge in [0.25, 0.3) is 0 Å². The molecule has 22 heavy (non-hydrogen) atoms. The monoisotopic (exact) mass is 316 g/mol. The van der Waals surface area contributed by atoms with Crippen LogP contribution in [0.3, 0.4) is 0 Å². The molecular formula is C16H20N4OS. The molecule has 1 amide bonds. The van der Waals surface area contributed by atoms with Crippen LogP contribution in [0.4, 0.5) is 10.8 Å². The van der Waals surface area contributed by atoms with Gasteiger partial charge in [0.1, 0.15) is 5.01 Å². The van der Waals surface area contributed by atoms with E-state index in [2.05, 4.69) is 21.6 Å². The van der Waals surface area contributed by atoms with Crippen LogP contribution in [0.15, 0.2) is 24.3 Å². The molecule has 1 fully saturated rings. The van der Waals surface area contributed by atoms with E-state index >= 15 is 0 Å². The second kappa shape index (κ2) is 6.87. The normalized spacial score (nSPS) is 14.9. The first kappa shape index (κ1) is 15.0. The molecular weight excluding hydrogens is 296 g/mol. The molecule has 0 radical (unpaired) electrons. The number of nitrogens with one attached hydrogen (secondary N) is 1. The van der Waals surface area contributed by atoms with Gasteiger partial charge in [-0.3, -0.25) is 4.79 Å². The molecule has 1 aliphatic rings. The average molecular weight is 316 g/mol. The Bertz CT molecular complexity index is 649. The molecule has 2 heterocycles. The molecule has 5 nitrogen and oxygen atoms in total. The minimum Gasteiger partial charge on any atom is -0.342 e. The maximum atomic E-state index is 12.2. The van der Waals surface area contributed by atoms with E-state index in [9.17, 15) is 4.79 Å². The van der Waals surface area contributed by atoms with Crippen LogP contribution in [0.1, 0.15) is 29.8 Å². The van der Waals surface area contributed by atoms with Crippen molar-refractivity contribution in [3.63, 3.8) is 0 Å². The van der Waals surface area contributed by atoms with Gasteiger partial charge in [-0.15, -0.1) is 10.2 Å². The highest BCUT2D eigenvalue weighted by Gasteiger charge is 2.18. The van der Waals surface area contributed by atoms with Gasteiger partial charge in [0.15, 0.2) is 0 Å². The Morgan fingerprint density at radius 3 is 2.86 bits per heavy atom. The Hall–Kier alpha value is -1.95. The van der Waals surface area contributed by atoms with E-state index in [-0.39, 0.29) is 5.91 Å². The number of piperidine rings is 1. The number of aryl methyl sites for hydroxylation is 1. The Morgan fingerprint density at radius 2 is 2.09 bits per heavy atom. The number of hydrogen-bond acceptors (Lipinski definition) is 5. The highest BCUT2D eigenvalue weighted by atomic mass is 32.1. The fourth-order valence-electron chi connectivity index (χ4n) is 2.61. The summed E-state index contributed by atoms with van der Waals surface area (Å²) in [7, 11) is 0. The number of carbonyl (C=O) groups is 1. The lowest BCUT2D eigenvalue weighted by Crippen LogP contribution is -2.36. The summed E-state index contributed by atoms with van der Waals surface area (Å²) in [4.78, 5) is 14.2. The van der Waals surface area contributed by atoms with Gasteiger partial charge in [-0.25, -0.2) is 0 Å². The topological polar surface area (TPSA) is 58.1 Å².